The van der Waals surface area contributed by atoms with Gasteiger partial charge in [-0.2, -0.15) is 0 Å². The largest absolute Gasteiger partial charge is 0.462 e. The van der Waals surface area contributed by atoms with E-state index in [2.05, 4.69) is 27.7 Å². The summed E-state index contributed by atoms with van der Waals surface area (Å²) >= 11 is 0. The van der Waals surface area contributed by atoms with Gasteiger partial charge in [-0.25, -0.2) is 9.59 Å². The van der Waals surface area contributed by atoms with Gasteiger partial charge in [-0.3, -0.25) is 0 Å². The first kappa shape index (κ1) is 38.7. The second-order valence-electron chi connectivity index (χ2n) is 12.1. The molecule has 0 radical (unpaired) electrons. The average Bonchev–Trinajstić information content (AvgIpc) is 2.96. The van der Waals surface area contributed by atoms with Crippen LogP contribution in [0.1, 0.15) is 182 Å². The maximum atomic E-state index is 12.4. The zero-order valence-corrected chi connectivity index (χ0v) is 27.3. The summed E-state index contributed by atoms with van der Waals surface area (Å²) in [4.78, 5) is 24.7. The van der Waals surface area contributed by atoms with Crippen LogP contribution in [0.4, 0.5) is 0 Å². The van der Waals surface area contributed by atoms with Gasteiger partial charge in [-0.1, -0.05) is 156 Å². The summed E-state index contributed by atoms with van der Waals surface area (Å²) in [6.45, 7) is 9.87. The topological polar surface area (TPSA) is 52.6 Å². The zero-order valence-electron chi connectivity index (χ0n) is 27.3. The SMILES string of the molecule is CCCCCCCCC(CCCCCC)COC(=O)/C=C/C(=O)OCC(CCCCCC)CCCCCCCC. The van der Waals surface area contributed by atoms with E-state index in [4.69, 9.17) is 9.47 Å². The highest BCUT2D eigenvalue weighted by molar-refractivity contribution is 5.91. The summed E-state index contributed by atoms with van der Waals surface area (Å²) in [5.74, 6) is -0.0196. The minimum Gasteiger partial charge on any atom is -0.462 e. The van der Waals surface area contributed by atoms with E-state index in [9.17, 15) is 9.59 Å². The fraction of sp³-hybridized carbons (Fsp3) is 0.889. The summed E-state index contributed by atoms with van der Waals surface area (Å²) in [6, 6.07) is 0. The number of hydrogen-bond acceptors (Lipinski definition) is 4. The summed E-state index contributed by atoms with van der Waals surface area (Å²) in [5.41, 5.74) is 0. The Balaban J connectivity index is 4.49. The van der Waals surface area contributed by atoms with Crippen molar-refractivity contribution in [2.24, 2.45) is 11.8 Å². The van der Waals surface area contributed by atoms with Gasteiger partial charge in [0.05, 0.1) is 13.2 Å². The zero-order chi connectivity index (χ0) is 29.5. The Labute approximate surface area is 249 Å². The van der Waals surface area contributed by atoms with Crippen LogP contribution in [-0.2, 0) is 19.1 Å². The van der Waals surface area contributed by atoms with Gasteiger partial charge in [-0.05, 0) is 37.5 Å². The van der Waals surface area contributed by atoms with Crippen molar-refractivity contribution < 1.29 is 19.1 Å². The molecule has 0 aliphatic rings. The molecule has 0 aromatic carbocycles. The Morgan fingerprint density at radius 3 is 0.975 bits per heavy atom. The number of carbonyl (C=O) groups excluding carboxylic acids is 2. The number of ether oxygens (including phenoxy) is 2. The van der Waals surface area contributed by atoms with Gasteiger partial charge in [0.2, 0.25) is 0 Å². The van der Waals surface area contributed by atoms with Gasteiger partial charge in [0.1, 0.15) is 0 Å². The molecule has 0 spiro atoms. The molecule has 0 fully saturated rings. The van der Waals surface area contributed by atoms with Gasteiger partial charge in [0.25, 0.3) is 0 Å². The standard InChI is InChI=1S/C36H68O4/c1-5-9-13-17-19-23-27-33(25-21-15-11-7-3)31-39-35(37)29-30-36(38)40-32-34(26-22-16-12-8-4)28-24-20-18-14-10-6-2/h29-30,33-34H,5-28,31-32H2,1-4H3/b30-29+. The van der Waals surface area contributed by atoms with E-state index in [0.717, 1.165) is 25.7 Å². The Morgan fingerprint density at radius 1 is 0.425 bits per heavy atom. The fourth-order valence-electron chi connectivity index (χ4n) is 5.40. The van der Waals surface area contributed by atoms with Crippen LogP contribution in [0.5, 0.6) is 0 Å². The lowest BCUT2D eigenvalue weighted by Gasteiger charge is -2.17. The van der Waals surface area contributed by atoms with E-state index in [0.29, 0.717) is 25.0 Å². The van der Waals surface area contributed by atoms with Gasteiger partial charge < -0.3 is 9.47 Å². The van der Waals surface area contributed by atoms with Crippen molar-refractivity contribution >= 4 is 11.9 Å². The minimum atomic E-state index is -0.429. The van der Waals surface area contributed by atoms with E-state index < -0.39 is 11.9 Å². The third-order valence-electron chi connectivity index (χ3n) is 8.14. The van der Waals surface area contributed by atoms with E-state index in [1.807, 2.05) is 0 Å². The average molecular weight is 565 g/mol. The molecule has 0 bridgehead atoms. The molecule has 2 unspecified atom stereocenters. The molecule has 4 nitrogen and oxygen atoms in total. The van der Waals surface area contributed by atoms with Crippen LogP contribution in [0.25, 0.3) is 0 Å². The molecule has 0 heterocycles. The molecule has 0 saturated carbocycles. The van der Waals surface area contributed by atoms with Gasteiger partial charge in [0, 0.05) is 12.2 Å². The molecule has 0 aromatic heterocycles. The Hall–Kier alpha value is -1.32. The molecule has 0 N–H and O–H groups in total. The smallest absolute Gasteiger partial charge is 0.331 e. The van der Waals surface area contributed by atoms with Gasteiger partial charge in [0.15, 0.2) is 0 Å². The Morgan fingerprint density at radius 2 is 0.675 bits per heavy atom. The monoisotopic (exact) mass is 565 g/mol. The molecule has 40 heavy (non-hydrogen) atoms. The number of hydrogen-bond donors (Lipinski definition) is 0. The molecule has 2 atom stereocenters. The third kappa shape index (κ3) is 26.9. The molecule has 0 saturated heterocycles. The lowest BCUT2D eigenvalue weighted by atomic mass is 9.95. The van der Waals surface area contributed by atoms with Crippen molar-refractivity contribution in [1.29, 1.82) is 0 Å². The maximum absolute atomic E-state index is 12.4. The minimum absolute atomic E-state index is 0.419. The molecule has 236 valence electrons. The van der Waals surface area contributed by atoms with Crippen LogP contribution in [0.2, 0.25) is 0 Å². The van der Waals surface area contributed by atoms with Crippen molar-refractivity contribution in [3.05, 3.63) is 12.2 Å². The normalized spacial score (nSPS) is 13.0. The highest BCUT2D eigenvalue weighted by Gasteiger charge is 2.13. The highest BCUT2D eigenvalue weighted by atomic mass is 16.5. The van der Waals surface area contributed by atoms with Crippen LogP contribution in [0.15, 0.2) is 12.2 Å². The summed E-state index contributed by atoms with van der Waals surface area (Å²) in [7, 11) is 0. The lowest BCUT2D eigenvalue weighted by Crippen LogP contribution is -2.15. The van der Waals surface area contributed by atoms with E-state index >= 15 is 0 Å². The predicted molar refractivity (Wildman–Crippen MR) is 172 cm³/mol. The first-order chi connectivity index (χ1) is 19.6. The number of esters is 2. The maximum Gasteiger partial charge on any atom is 0.331 e. The van der Waals surface area contributed by atoms with E-state index in [-0.39, 0.29) is 0 Å². The van der Waals surface area contributed by atoms with Crippen LogP contribution >= 0.6 is 0 Å². The van der Waals surface area contributed by atoms with Crippen LogP contribution < -0.4 is 0 Å². The molecule has 4 heteroatoms. The summed E-state index contributed by atoms with van der Waals surface area (Å²) < 4.78 is 11.1. The lowest BCUT2D eigenvalue weighted by molar-refractivity contribution is -0.142. The van der Waals surface area contributed by atoms with Gasteiger partial charge in [-0.15, -0.1) is 0 Å². The Kier molecular flexibility index (Phi) is 29.6. The molecule has 0 amide bonds. The highest BCUT2D eigenvalue weighted by Crippen LogP contribution is 2.21. The van der Waals surface area contributed by atoms with Crippen LogP contribution in [-0.4, -0.2) is 25.2 Å². The first-order valence-corrected chi connectivity index (χ1v) is 17.6. The quantitative estimate of drug-likeness (QED) is 0.0494. The second kappa shape index (κ2) is 30.6. The second-order valence-corrected chi connectivity index (χ2v) is 12.1. The molecule has 0 aromatic rings. The van der Waals surface area contributed by atoms with Crippen molar-refractivity contribution in [3.8, 4) is 0 Å². The predicted octanol–water partition coefficient (Wildman–Crippen LogP) is 11.3. The van der Waals surface area contributed by atoms with Gasteiger partial charge >= 0.3 is 11.9 Å². The van der Waals surface area contributed by atoms with E-state index in [1.165, 1.54) is 141 Å². The Bertz CT molecular complexity index is 535. The van der Waals surface area contributed by atoms with E-state index in [1.54, 1.807) is 0 Å². The summed E-state index contributed by atoms with van der Waals surface area (Å²) in [6.07, 6.45) is 32.3. The first-order valence-electron chi connectivity index (χ1n) is 17.6. The number of unbranched alkanes of at least 4 members (excludes halogenated alkanes) is 16. The molecule has 0 aliphatic carbocycles. The number of rotatable bonds is 30. The molecular formula is C36H68O4. The van der Waals surface area contributed by atoms with Crippen molar-refractivity contribution in [1.82, 2.24) is 0 Å². The third-order valence-corrected chi connectivity index (χ3v) is 8.14. The van der Waals surface area contributed by atoms with Crippen molar-refractivity contribution in [2.75, 3.05) is 13.2 Å². The summed E-state index contributed by atoms with van der Waals surface area (Å²) in [5, 5.41) is 0. The van der Waals surface area contributed by atoms with Crippen molar-refractivity contribution in [2.45, 2.75) is 182 Å². The fourth-order valence-corrected chi connectivity index (χ4v) is 5.40. The number of carbonyl (C=O) groups is 2. The van der Waals surface area contributed by atoms with Crippen LogP contribution in [0.3, 0.4) is 0 Å². The molecule has 0 rings (SSSR count). The molecule has 0 aliphatic heterocycles. The molecular weight excluding hydrogens is 496 g/mol. The van der Waals surface area contributed by atoms with Crippen molar-refractivity contribution in [3.63, 3.8) is 0 Å². The van der Waals surface area contributed by atoms with Crippen LogP contribution in [0, 0.1) is 11.8 Å².